The molecule has 0 bridgehead atoms. The van der Waals surface area contributed by atoms with E-state index >= 15 is 0 Å². The number of benzene rings is 3. The van der Waals surface area contributed by atoms with Gasteiger partial charge in [0.25, 0.3) is 0 Å². The molecule has 4 aromatic heterocycles. The molecule has 0 fully saturated rings. The van der Waals surface area contributed by atoms with Crippen LogP contribution in [-0.2, 0) is 25.8 Å². The predicted molar refractivity (Wildman–Crippen MR) is 177 cm³/mol. The molecule has 0 spiro atoms. The maximum atomic E-state index is 5.78. The molecule has 0 aliphatic carbocycles. The second kappa shape index (κ2) is 14.4. The zero-order valence-electron chi connectivity index (χ0n) is 26.7. The Bertz CT molecular complexity index is 2080. The van der Waals surface area contributed by atoms with E-state index in [4.69, 9.17) is 14.5 Å². The summed E-state index contributed by atoms with van der Waals surface area (Å²) in [5.74, 6) is 1.71. The van der Waals surface area contributed by atoms with Gasteiger partial charge in [0, 0.05) is 39.4 Å². The first kappa shape index (κ1) is 33.0. The predicted octanol–water partition coefficient (Wildman–Crippen LogP) is 7.44. The summed E-state index contributed by atoms with van der Waals surface area (Å²) in [6.07, 6.45) is 1.04. The third-order valence-corrected chi connectivity index (χ3v) is 8.00. The van der Waals surface area contributed by atoms with Gasteiger partial charge in [-0.2, -0.15) is 10.7 Å². The van der Waals surface area contributed by atoms with Crippen LogP contribution in [0.15, 0.2) is 72.8 Å². The molecule has 1 unspecified atom stereocenters. The number of hydrogen-bond acceptors (Lipinski definition) is 6. The normalized spacial score (nSPS) is 11.7. The van der Waals surface area contributed by atoms with Gasteiger partial charge in [-0.05, 0) is 85.2 Å². The van der Waals surface area contributed by atoms with E-state index in [0.29, 0.717) is 6.61 Å². The third kappa shape index (κ3) is 6.46. The van der Waals surface area contributed by atoms with Gasteiger partial charge in [0.05, 0.1) is 11.8 Å². The van der Waals surface area contributed by atoms with Gasteiger partial charge in [-0.15, -0.1) is 47.6 Å². The zero-order valence-corrected chi connectivity index (χ0v) is 29.0. The largest absolute Gasteiger partial charge is 0.618 e. The Labute approximate surface area is 283 Å². The molecule has 9 heteroatoms. The van der Waals surface area contributed by atoms with Crippen LogP contribution in [0.25, 0.3) is 50.0 Å². The molecule has 7 rings (SSSR count). The number of methoxy groups -OCH3 is 1. The molecule has 0 amide bonds. The number of hydrogen-bond donors (Lipinski definition) is 0. The van der Waals surface area contributed by atoms with Crippen molar-refractivity contribution < 1.29 is 30.5 Å². The van der Waals surface area contributed by atoms with E-state index in [0.717, 1.165) is 79.2 Å². The van der Waals surface area contributed by atoms with Gasteiger partial charge in [-0.1, -0.05) is 36.9 Å². The zero-order chi connectivity index (χ0) is 31.5. The summed E-state index contributed by atoms with van der Waals surface area (Å²) >= 11 is 0. The monoisotopic (exact) mass is 790 g/mol. The number of ether oxygens (including phenoxy) is 2. The molecule has 0 radical (unpaired) electrons. The van der Waals surface area contributed by atoms with Crippen molar-refractivity contribution in [1.82, 2.24) is 29.8 Å². The van der Waals surface area contributed by atoms with Crippen molar-refractivity contribution in [2.75, 3.05) is 13.7 Å². The van der Waals surface area contributed by atoms with Gasteiger partial charge in [0.1, 0.15) is 18.2 Å². The van der Waals surface area contributed by atoms with Crippen LogP contribution in [0.2, 0.25) is 0 Å². The average Bonchev–Trinajstić information content (AvgIpc) is 3.65. The van der Waals surface area contributed by atoms with Crippen molar-refractivity contribution in [2.24, 2.45) is 0 Å². The quantitative estimate of drug-likeness (QED) is 0.123. The Morgan fingerprint density at radius 3 is 2.46 bits per heavy atom. The van der Waals surface area contributed by atoms with Gasteiger partial charge < -0.3 is 29.1 Å². The maximum absolute atomic E-state index is 5.78. The van der Waals surface area contributed by atoms with Crippen molar-refractivity contribution in [3.63, 3.8) is 0 Å². The first-order valence-corrected chi connectivity index (χ1v) is 15.0. The van der Waals surface area contributed by atoms with Crippen molar-refractivity contribution in [2.45, 2.75) is 47.1 Å². The summed E-state index contributed by atoms with van der Waals surface area (Å²) < 4.78 is 13.2. The van der Waals surface area contributed by atoms with Gasteiger partial charge in [-0.25, -0.2) is 5.69 Å². The molecule has 0 saturated carbocycles. The minimum atomic E-state index is 0. The summed E-state index contributed by atoms with van der Waals surface area (Å²) in [6, 6.07) is 30.4. The molecule has 0 aliphatic heterocycles. The average molecular weight is 791 g/mol. The summed E-state index contributed by atoms with van der Waals surface area (Å²) in [6.45, 7) is 10.7. The second-order valence-electron chi connectivity index (χ2n) is 11.0. The molecule has 4 heterocycles. The smallest absolute Gasteiger partial charge is 0.125 e. The topological polar surface area (TPSA) is 88.5 Å². The molecule has 7 aromatic rings. The van der Waals surface area contributed by atoms with Crippen LogP contribution in [0, 0.1) is 39.8 Å². The van der Waals surface area contributed by atoms with E-state index < -0.39 is 0 Å². The van der Waals surface area contributed by atoms with Crippen LogP contribution in [0.1, 0.15) is 36.0 Å². The first-order chi connectivity index (χ1) is 21.9. The van der Waals surface area contributed by atoms with Crippen LogP contribution in [0.3, 0.4) is 0 Å². The Morgan fingerprint density at radius 2 is 1.74 bits per heavy atom. The van der Waals surface area contributed by atoms with Crippen LogP contribution in [-0.4, -0.2) is 44.5 Å². The third-order valence-electron chi connectivity index (χ3n) is 8.00. The van der Waals surface area contributed by atoms with Crippen molar-refractivity contribution in [1.29, 1.82) is 0 Å². The van der Waals surface area contributed by atoms with Crippen LogP contribution < -0.4 is 9.84 Å². The maximum Gasteiger partial charge on any atom is 0.125 e. The van der Waals surface area contributed by atoms with Crippen LogP contribution in [0.4, 0.5) is 0 Å². The molecule has 8 nitrogen and oxygen atoms in total. The van der Waals surface area contributed by atoms with Crippen molar-refractivity contribution in [3.05, 3.63) is 108 Å². The SMILES string of the molecule is CCC(COc1ccc(-c2n[n-]c(-c3[c-]cccc3)c2C)cc1)OC.Cc1c[c-]c2c(n1)c1c(C)cccc1n1c(C)nnc21.[Pt]. The Kier molecular flexibility index (Phi) is 10.3. The van der Waals surface area contributed by atoms with E-state index in [1.807, 2.05) is 75.4 Å². The van der Waals surface area contributed by atoms with Crippen molar-refractivity contribution >= 4 is 27.5 Å². The standard InChI is InChI=1S/C21H22N2O2.C16H13N4.Pt/c1-4-18(24-3)14-25-19-12-10-17(11-13-19)21-15(2)20(22-23-21)16-8-6-5-7-9-16;1-9-5-4-6-13-14(9)15-12(8-7-10(2)17-15)16-19-18-11(3)20(13)16;/h5-8,10-13,18H,4,14H2,1-3H3;4-7H,1-3H3;/q-2;-1;. The number of pyridine rings is 2. The van der Waals surface area contributed by atoms with Gasteiger partial charge in [0.15, 0.2) is 0 Å². The van der Waals surface area contributed by atoms with Crippen LogP contribution >= 0.6 is 0 Å². The summed E-state index contributed by atoms with van der Waals surface area (Å²) in [5, 5.41) is 19.3. The first-order valence-electron chi connectivity index (χ1n) is 15.0. The number of aryl methyl sites for hydroxylation is 3. The summed E-state index contributed by atoms with van der Waals surface area (Å²) in [7, 11) is 1.71. The fraction of sp³-hybridized carbons (Fsp3) is 0.243. The molecule has 0 N–H and O–H groups in total. The fourth-order valence-corrected chi connectivity index (χ4v) is 5.50. The summed E-state index contributed by atoms with van der Waals surface area (Å²) in [4.78, 5) is 4.71. The molecule has 0 aliphatic rings. The Balaban J connectivity index is 0.000000181. The van der Waals surface area contributed by atoms with E-state index in [-0.39, 0.29) is 27.2 Å². The fourth-order valence-electron chi connectivity index (χ4n) is 5.50. The van der Waals surface area contributed by atoms with Crippen LogP contribution in [0.5, 0.6) is 5.75 Å². The van der Waals surface area contributed by atoms with E-state index in [1.54, 1.807) is 7.11 Å². The number of aromatic nitrogens is 6. The second-order valence-corrected chi connectivity index (χ2v) is 11.0. The minimum absolute atomic E-state index is 0. The van der Waals surface area contributed by atoms with Gasteiger partial charge >= 0.3 is 0 Å². The van der Waals surface area contributed by atoms with Gasteiger partial charge in [-0.3, -0.25) is 0 Å². The molecular formula is C37H35N6O2Pt-3. The Hall–Kier alpha value is -4.39. The number of fused-ring (bicyclic) bond motifs is 6. The van der Waals surface area contributed by atoms with E-state index in [9.17, 15) is 0 Å². The van der Waals surface area contributed by atoms with Crippen molar-refractivity contribution in [3.8, 4) is 28.3 Å². The van der Waals surface area contributed by atoms with Gasteiger partial charge in [0.2, 0.25) is 0 Å². The molecule has 238 valence electrons. The molecule has 0 saturated heterocycles. The molecule has 46 heavy (non-hydrogen) atoms. The number of rotatable bonds is 7. The minimum Gasteiger partial charge on any atom is -0.618 e. The number of nitrogens with zero attached hydrogens (tertiary/aromatic N) is 6. The summed E-state index contributed by atoms with van der Waals surface area (Å²) in [5.41, 5.74) is 9.85. The molecular weight excluding hydrogens is 756 g/mol. The Morgan fingerprint density at radius 1 is 0.935 bits per heavy atom. The molecule has 1 atom stereocenters. The van der Waals surface area contributed by atoms with E-state index in [2.05, 4.69) is 69.0 Å². The molecule has 3 aromatic carbocycles. The van der Waals surface area contributed by atoms with E-state index in [1.165, 1.54) is 5.56 Å².